The minimum atomic E-state index is -0.0763. The van der Waals surface area contributed by atoms with Crippen molar-refractivity contribution in [3.8, 4) is 0 Å². The number of methoxy groups -OCH3 is 2. The zero-order valence-electron chi connectivity index (χ0n) is 11.4. The summed E-state index contributed by atoms with van der Waals surface area (Å²) in [6.45, 7) is 3.86. The molecule has 1 atom stereocenters. The Hall–Kier alpha value is -1.18. The van der Waals surface area contributed by atoms with Gasteiger partial charge in [0.1, 0.15) is 0 Å². The van der Waals surface area contributed by atoms with Gasteiger partial charge in [-0.2, -0.15) is 15.0 Å². The van der Waals surface area contributed by atoms with Gasteiger partial charge in [0, 0.05) is 27.3 Å². The van der Waals surface area contributed by atoms with Crippen molar-refractivity contribution in [3.63, 3.8) is 0 Å². The molecule has 2 N–H and O–H groups in total. The summed E-state index contributed by atoms with van der Waals surface area (Å²) in [5, 5.41) is 6.26. The fraction of sp³-hybridized carbons (Fsp3) is 0.727. The van der Waals surface area contributed by atoms with E-state index < -0.39 is 0 Å². The van der Waals surface area contributed by atoms with Crippen LogP contribution in [0.3, 0.4) is 0 Å². The zero-order chi connectivity index (χ0) is 14.1. The zero-order valence-corrected chi connectivity index (χ0v) is 12.2. The van der Waals surface area contributed by atoms with Crippen molar-refractivity contribution in [1.29, 1.82) is 0 Å². The molecule has 108 valence electrons. The molecule has 0 fully saturated rings. The number of hydrogen-bond donors (Lipinski definition) is 2. The van der Waals surface area contributed by atoms with E-state index in [1.54, 1.807) is 14.2 Å². The molecule has 1 aromatic rings. The molecule has 0 radical (unpaired) electrons. The van der Waals surface area contributed by atoms with Gasteiger partial charge in [0.25, 0.3) is 0 Å². The first-order valence-electron chi connectivity index (χ1n) is 6.10. The molecule has 0 aromatic carbocycles. The molecule has 0 aliphatic rings. The maximum absolute atomic E-state index is 5.84. The standard InChI is InChI=1S/C11H20ClN5O2/c1-4-5-13-10-15-9(12)16-11(17-10)14-6-8(19-3)7-18-2/h8H,4-7H2,1-3H3,(H2,13,14,15,16,17). The Kier molecular flexibility index (Phi) is 7.39. The molecule has 1 heterocycles. The van der Waals surface area contributed by atoms with Gasteiger partial charge in [-0.25, -0.2) is 0 Å². The average Bonchev–Trinajstić information content (AvgIpc) is 2.40. The van der Waals surface area contributed by atoms with Crippen LogP contribution in [0.4, 0.5) is 11.9 Å². The van der Waals surface area contributed by atoms with Crippen LogP contribution in [-0.2, 0) is 9.47 Å². The molecule has 0 saturated carbocycles. The second kappa shape index (κ2) is 8.84. The van der Waals surface area contributed by atoms with E-state index in [1.165, 1.54) is 0 Å². The molecule has 1 rings (SSSR count). The normalized spacial score (nSPS) is 12.2. The summed E-state index contributed by atoms with van der Waals surface area (Å²) in [7, 11) is 3.25. The molecule has 19 heavy (non-hydrogen) atoms. The van der Waals surface area contributed by atoms with E-state index >= 15 is 0 Å². The highest BCUT2D eigenvalue weighted by molar-refractivity contribution is 6.28. The number of hydrogen-bond acceptors (Lipinski definition) is 7. The largest absolute Gasteiger partial charge is 0.382 e. The molecule has 8 heteroatoms. The third kappa shape index (κ3) is 6.00. The SMILES string of the molecule is CCCNc1nc(Cl)nc(NCC(COC)OC)n1. The van der Waals surface area contributed by atoms with Crippen molar-refractivity contribution in [2.24, 2.45) is 0 Å². The lowest BCUT2D eigenvalue weighted by Crippen LogP contribution is -2.27. The summed E-state index contributed by atoms with van der Waals surface area (Å²) in [4.78, 5) is 12.2. The van der Waals surface area contributed by atoms with Gasteiger partial charge < -0.3 is 20.1 Å². The van der Waals surface area contributed by atoms with Crippen molar-refractivity contribution < 1.29 is 9.47 Å². The Balaban J connectivity index is 2.59. The predicted octanol–water partition coefficient (Wildman–Crippen LogP) is 1.42. The van der Waals surface area contributed by atoms with Gasteiger partial charge in [-0.1, -0.05) is 6.92 Å². The molecule has 0 bridgehead atoms. The van der Waals surface area contributed by atoms with Crippen molar-refractivity contribution in [2.75, 3.05) is 44.5 Å². The highest BCUT2D eigenvalue weighted by Gasteiger charge is 2.09. The predicted molar refractivity (Wildman–Crippen MR) is 74.8 cm³/mol. The number of nitrogens with one attached hydrogen (secondary N) is 2. The summed E-state index contributed by atoms with van der Waals surface area (Å²) in [5.41, 5.74) is 0. The lowest BCUT2D eigenvalue weighted by atomic mass is 10.4. The second-order valence-electron chi connectivity index (χ2n) is 3.87. The third-order valence-corrected chi connectivity index (χ3v) is 2.48. The highest BCUT2D eigenvalue weighted by atomic mass is 35.5. The van der Waals surface area contributed by atoms with Crippen molar-refractivity contribution in [1.82, 2.24) is 15.0 Å². The number of anilines is 2. The number of ether oxygens (including phenoxy) is 2. The Morgan fingerprint density at radius 3 is 2.42 bits per heavy atom. The highest BCUT2D eigenvalue weighted by Crippen LogP contribution is 2.09. The first-order chi connectivity index (χ1) is 9.19. The summed E-state index contributed by atoms with van der Waals surface area (Å²) in [5.74, 6) is 0.877. The van der Waals surface area contributed by atoms with Crippen LogP contribution >= 0.6 is 11.6 Å². The molecule has 0 aliphatic carbocycles. The van der Waals surface area contributed by atoms with E-state index in [0.717, 1.165) is 13.0 Å². The smallest absolute Gasteiger partial charge is 0.228 e. The number of aromatic nitrogens is 3. The Bertz CT molecular complexity index is 380. The van der Waals surface area contributed by atoms with Crippen LogP contribution in [0.5, 0.6) is 0 Å². The van der Waals surface area contributed by atoms with Gasteiger partial charge in [-0.05, 0) is 18.0 Å². The third-order valence-electron chi connectivity index (χ3n) is 2.31. The fourth-order valence-corrected chi connectivity index (χ4v) is 1.51. The summed E-state index contributed by atoms with van der Waals surface area (Å²) in [6, 6.07) is 0. The number of rotatable bonds is 9. The van der Waals surface area contributed by atoms with Crippen molar-refractivity contribution in [2.45, 2.75) is 19.4 Å². The van der Waals surface area contributed by atoms with Crippen LogP contribution < -0.4 is 10.6 Å². The molecule has 7 nitrogen and oxygen atoms in total. The maximum Gasteiger partial charge on any atom is 0.228 e. The van der Waals surface area contributed by atoms with E-state index in [1.807, 2.05) is 0 Å². The van der Waals surface area contributed by atoms with Crippen LogP contribution in [0.15, 0.2) is 0 Å². The van der Waals surface area contributed by atoms with E-state index in [2.05, 4.69) is 32.5 Å². The Morgan fingerprint density at radius 2 is 1.84 bits per heavy atom. The minimum Gasteiger partial charge on any atom is -0.382 e. The molecule has 1 aromatic heterocycles. The number of nitrogens with zero attached hydrogens (tertiary/aromatic N) is 3. The lowest BCUT2D eigenvalue weighted by molar-refractivity contribution is 0.0365. The molecule has 0 spiro atoms. The first-order valence-corrected chi connectivity index (χ1v) is 6.48. The lowest BCUT2D eigenvalue weighted by Gasteiger charge is -2.15. The van der Waals surface area contributed by atoms with Gasteiger partial charge in [0.05, 0.1) is 12.7 Å². The van der Waals surface area contributed by atoms with Crippen LogP contribution in [0, 0.1) is 0 Å². The first kappa shape index (κ1) is 15.9. The second-order valence-corrected chi connectivity index (χ2v) is 4.21. The fourth-order valence-electron chi connectivity index (χ4n) is 1.35. The van der Waals surface area contributed by atoms with Crippen LogP contribution in [0.1, 0.15) is 13.3 Å². The molecule has 0 amide bonds. The summed E-state index contributed by atoms with van der Waals surface area (Å²) < 4.78 is 10.3. The minimum absolute atomic E-state index is 0.0763. The average molecular weight is 290 g/mol. The summed E-state index contributed by atoms with van der Waals surface area (Å²) >= 11 is 5.84. The van der Waals surface area contributed by atoms with E-state index in [-0.39, 0.29) is 11.4 Å². The molecule has 1 unspecified atom stereocenters. The van der Waals surface area contributed by atoms with Gasteiger partial charge in [0.2, 0.25) is 17.2 Å². The van der Waals surface area contributed by atoms with Crippen LogP contribution in [-0.4, -0.2) is 55.0 Å². The quantitative estimate of drug-likeness (QED) is 0.711. The number of halogens is 1. The van der Waals surface area contributed by atoms with E-state index in [9.17, 15) is 0 Å². The van der Waals surface area contributed by atoms with Crippen LogP contribution in [0.2, 0.25) is 5.28 Å². The van der Waals surface area contributed by atoms with E-state index in [4.69, 9.17) is 21.1 Å². The van der Waals surface area contributed by atoms with Gasteiger partial charge in [-0.3, -0.25) is 0 Å². The monoisotopic (exact) mass is 289 g/mol. The van der Waals surface area contributed by atoms with Crippen molar-refractivity contribution >= 4 is 23.5 Å². The van der Waals surface area contributed by atoms with Gasteiger partial charge >= 0.3 is 0 Å². The topological polar surface area (TPSA) is 81.2 Å². The van der Waals surface area contributed by atoms with Crippen LogP contribution in [0.25, 0.3) is 0 Å². The van der Waals surface area contributed by atoms with Gasteiger partial charge in [0.15, 0.2) is 0 Å². The van der Waals surface area contributed by atoms with Gasteiger partial charge in [-0.15, -0.1) is 0 Å². The van der Waals surface area contributed by atoms with E-state index in [0.29, 0.717) is 25.0 Å². The summed E-state index contributed by atoms with van der Waals surface area (Å²) in [6.07, 6.45) is 0.902. The maximum atomic E-state index is 5.84. The van der Waals surface area contributed by atoms with Crippen molar-refractivity contribution in [3.05, 3.63) is 5.28 Å². The Labute approximate surface area is 118 Å². The molecule has 0 saturated heterocycles. The molecular weight excluding hydrogens is 270 g/mol. The molecule has 0 aliphatic heterocycles. The Morgan fingerprint density at radius 1 is 1.16 bits per heavy atom. The molecular formula is C11H20ClN5O2.